The number of likely N-dealkylation sites (N-methyl/N-ethyl adjacent to an activating group) is 1. The van der Waals surface area contributed by atoms with E-state index in [0.717, 1.165) is 16.8 Å². The first kappa shape index (κ1) is 28.8. The van der Waals surface area contributed by atoms with Crippen molar-refractivity contribution in [1.29, 1.82) is 0 Å². The number of benzene rings is 2. The highest BCUT2D eigenvalue weighted by Crippen LogP contribution is 2.45. The first-order valence-electron chi connectivity index (χ1n) is 13.5. The molecule has 9 nitrogen and oxygen atoms in total. The van der Waals surface area contributed by atoms with Crippen LogP contribution in [0, 0.1) is 11.8 Å². The molecule has 1 aromatic heterocycles. The molecule has 43 heavy (non-hydrogen) atoms. The van der Waals surface area contributed by atoms with Crippen molar-refractivity contribution in [2.75, 3.05) is 26.7 Å². The summed E-state index contributed by atoms with van der Waals surface area (Å²) in [5.74, 6) is -2.95. The molecule has 4 amide bonds. The first-order chi connectivity index (χ1) is 20.3. The van der Waals surface area contributed by atoms with Gasteiger partial charge in [-0.1, -0.05) is 30.3 Å². The number of alkyl halides is 3. The quantitative estimate of drug-likeness (QED) is 0.346. The Labute approximate surface area is 242 Å². The molecule has 3 aromatic rings. The summed E-state index contributed by atoms with van der Waals surface area (Å²) in [5.41, 5.74) is -1.84. The van der Waals surface area contributed by atoms with Crippen LogP contribution in [0.3, 0.4) is 0 Å². The number of urea groups is 1. The molecule has 6 rings (SSSR count). The van der Waals surface area contributed by atoms with E-state index < -0.39 is 73.0 Å². The summed E-state index contributed by atoms with van der Waals surface area (Å²) in [7, 11) is 2.95. The van der Waals surface area contributed by atoms with Crippen LogP contribution in [0.4, 0.5) is 26.7 Å². The first-order valence-corrected chi connectivity index (χ1v) is 13.5. The highest BCUT2D eigenvalue weighted by Gasteiger charge is 2.66. The number of imide groups is 1. The van der Waals surface area contributed by atoms with E-state index in [9.17, 15) is 36.3 Å². The number of aryl methyl sites for hydroxylation is 2. The number of hydrogen-bond acceptors (Lipinski definition) is 5. The third kappa shape index (κ3) is 4.46. The van der Waals surface area contributed by atoms with E-state index in [1.165, 1.54) is 37.3 Å². The zero-order valence-corrected chi connectivity index (χ0v) is 23.2. The Morgan fingerprint density at radius 3 is 2.37 bits per heavy atom. The number of rotatable bonds is 6. The zero-order chi connectivity index (χ0) is 30.9. The average Bonchev–Trinajstić information content (AvgIpc) is 3.55. The van der Waals surface area contributed by atoms with E-state index in [0.29, 0.717) is 32.9 Å². The molecule has 2 aromatic carbocycles. The molecule has 2 fully saturated rings. The second kappa shape index (κ2) is 9.86. The summed E-state index contributed by atoms with van der Waals surface area (Å²) in [4.78, 5) is 43.2. The molecule has 1 aliphatic carbocycles. The highest BCUT2D eigenvalue weighted by atomic mass is 19.4. The van der Waals surface area contributed by atoms with E-state index in [2.05, 4.69) is 10.4 Å². The molecular weight excluding hydrogens is 575 g/mol. The van der Waals surface area contributed by atoms with Gasteiger partial charge in [-0.2, -0.15) is 22.7 Å². The Hall–Kier alpha value is -4.33. The standard InChI is InChI=1S/C29H27F5N6O3/c1-37-15-27(16-37,29(32,33)34)40(13-17-3-6-20(30)7-4-17)23(41)14-39-25(42)28(36-26(39)43)10-9-19-11-18(5-8-22(19)28)21-12-35-38(2)24(21)31/h3-8,11-12H,9-10,13-16H2,1-2H3,(H,36,43)/t28-/m0/s1. The van der Waals surface area contributed by atoms with Crippen LogP contribution in [0.25, 0.3) is 11.1 Å². The summed E-state index contributed by atoms with van der Waals surface area (Å²) in [6, 6.07) is 8.75. The topological polar surface area (TPSA) is 90.8 Å². The second-order valence-corrected chi connectivity index (χ2v) is 11.4. The van der Waals surface area contributed by atoms with Crippen molar-refractivity contribution in [2.45, 2.75) is 36.6 Å². The largest absolute Gasteiger partial charge is 0.414 e. The fraction of sp³-hybridized carbons (Fsp3) is 0.379. The van der Waals surface area contributed by atoms with Crippen molar-refractivity contribution >= 4 is 17.8 Å². The number of carbonyl (C=O) groups excluding carboxylic acids is 3. The molecule has 0 unspecified atom stereocenters. The Bertz CT molecular complexity index is 1630. The summed E-state index contributed by atoms with van der Waals surface area (Å²) in [5, 5.41) is 6.57. The number of amides is 4. The van der Waals surface area contributed by atoms with Crippen molar-refractivity contribution in [3.8, 4) is 11.1 Å². The summed E-state index contributed by atoms with van der Waals surface area (Å²) >= 11 is 0. The van der Waals surface area contributed by atoms with Gasteiger partial charge in [0.2, 0.25) is 11.9 Å². The normalized spacial score (nSPS) is 21.2. The predicted molar refractivity (Wildman–Crippen MR) is 142 cm³/mol. The summed E-state index contributed by atoms with van der Waals surface area (Å²) < 4.78 is 72.5. The van der Waals surface area contributed by atoms with E-state index in [1.807, 2.05) is 0 Å². The van der Waals surface area contributed by atoms with E-state index in [1.54, 1.807) is 18.2 Å². The van der Waals surface area contributed by atoms with Gasteiger partial charge in [-0.05, 0) is 54.3 Å². The Morgan fingerprint density at radius 1 is 1.07 bits per heavy atom. The van der Waals surface area contributed by atoms with Crippen molar-refractivity contribution in [1.82, 2.24) is 29.8 Å². The van der Waals surface area contributed by atoms with Crippen molar-refractivity contribution in [3.05, 3.63) is 77.1 Å². The van der Waals surface area contributed by atoms with Crippen molar-refractivity contribution in [2.24, 2.45) is 7.05 Å². The van der Waals surface area contributed by atoms with Gasteiger partial charge in [0, 0.05) is 26.7 Å². The van der Waals surface area contributed by atoms with Crippen LogP contribution in [0.5, 0.6) is 0 Å². The lowest BCUT2D eigenvalue weighted by atomic mass is 9.86. The molecule has 2 aliphatic heterocycles. The number of nitrogens with one attached hydrogen (secondary N) is 1. The van der Waals surface area contributed by atoms with E-state index >= 15 is 0 Å². The van der Waals surface area contributed by atoms with Crippen LogP contribution < -0.4 is 5.32 Å². The maximum absolute atomic E-state index is 14.5. The van der Waals surface area contributed by atoms with Crippen LogP contribution in [-0.2, 0) is 35.1 Å². The Kier molecular flexibility index (Phi) is 6.60. The van der Waals surface area contributed by atoms with Gasteiger partial charge in [0.25, 0.3) is 5.91 Å². The molecule has 0 saturated carbocycles. The summed E-state index contributed by atoms with van der Waals surface area (Å²) in [6.07, 6.45) is -2.92. The number of aromatic nitrogens is 2. The number of fused-ring (bicyclic) bond motifs is 2. The smallest absolute Gasteiger partial charge is 0.320 e. The molecule has 1 N–H and O–H groups in total. The van der Waals surface area contributed by atoms with Crippen LogP contribution in [0.2, 0.25) is 0 Å². The molecular formula is C29H27F5N6O3. The fourth-order valence-corrected chi connectivity index (χ4v) is 6.40. The maximum Gasteiger partial charge on any atom is 0.414 e. The Balaban J connectivity index is 1.28. The lowest BCUT2D eigenvalue weighted by molar-refractivity contribution is -0.268. The van der Waals surface area contributed by atoms with E-state index in [4.69, 9.17) is 0 Å². The number of carbonyl (C=O) groups is 3. The van der Waals surface area contributed by atoms with Crippen molar-refractivity contribution in [3.63, 3.8) is 0 Å². The Morgan fingerprint density at radius 2 is 1.77 bits per heavy atom. The van der Waals surface area contributed by atoms with Gasteiger partial charge in [-0.3, -0.25) is 14.5 Å². The molecule has 14 heteroatoms. The highest BCUT2D eigenvalue weighted by molar-refractivity contribution is 6.10. The van der Waals surface area contributed by atoms with Crippen LogP contribution in [0.15, 0.2) is 48.7 Å². The van der Waals surface area contributed by atoms with Crippen LogP contribution in [0.1, 0.15) is 23.1 Å². The van der Waals surface area contributed by atoms with Gasteiger partial charge in [0.15, 0.2) is 5.54 Å². The second-order valence-electron chi connectivity index (χ2n) is 11.4. The molecule has 0 radical (unpaired) electrons. The molecule has 3 heterocycles. The number of hydrogen-bond donors (Lipinski definition) is 1. The van der Waals surface area contributed by atoms with Gasteiger partial charge in [0.1, 0.15) is 17.9 Å². The van der Waals surface area contributed by atoms with Crippen LogP contribution in [-0.4, -0.2) is 80.7 Å². The number of halogens is 5. The SMILES string of the molecule is CN1CC(N(Cc2ccc(F)cc2)C(=O)CN2C(=O)N[C@]3(CCc4cc(-c5cnn(C)c5F)ccc43)C2=O)(C(F)(F)F)C1. The van der Waals surface area contributed by atoms with Gasteiger partial charge < -0.3 is 15.1 Å². The minimum absolute atomic E-state index is 0.160. The third-order valence-electron chi connectivity index (χ3n) is 8.64. The molecule has 2 saturated heterocycles. The molecule has 1 atom stereocenters. The third-order valence-corrected chi connectivity index (χ3v) is 8.64. The number of likely N-dealkylation sites (tertiary alicyclic amines) is 1. The average molecular weight is 603 g/mol. The lowest BCUT2D eigenvalue weighted by Crippen LogP contribution is -2.77. The summed E-state index contributed by atoms with van der Waals surface area (Å²) in [6.45, 7) is -2.41. The minimum atomic E-state index is -4.82. The minimum Gasteiger partial charge on any atom is -0.320 e. The lowest BCUT2D eigenvalue weighted by Gasteiger charge is -2.55. The predicted octanol–water partition coefficient (Wildman–Crippen LogP) is 3.33. The van der Waals surface area contributed by atoms with Crippen LogP contribution >= 0.6 is 0 Å². The molecule has 1 spiro atoms. The fourth-order valence-electron chi connectivity index (χ4n) is 6.40. The molecule has 3 aliphatic rings. The van der Waals surface area contributed by atoms with Gasteiger partial charge in [-0.25, -0.2) is 13.9 Å². The maximum atomic E-state index is 14.5. The molecule has 0 bridgehead atoms. The van der Waals surface area contributed by atoms with Gasteiger partial charge in [0.05, 0.1) is 11.8 Å². The molecule has 226 valence electrons. The van der Waals surface area contributed by atoms with Crippen molar-refractivity contribution < 1.29 is 36.3 Å². The van der Waals surface area contributed by atoms with Gasteiger partial charge in [-0.15, -0.1) is 0 Å². The zero-order valence-electron chi connectivity index (χ0n) is 23.2. The monoisotopic (exact) mass is 602 g/mol. The van der Waals surface area contributed by atoms with Gasteiger partial charge >= 0.3 is 12.2 Å². The number of nitrogens with zero attached hydrogens (tertiary/aromatic N) is 5. The van der Waals surface area contributed by atoms with E-state index in [-0.39, 0.29) is 17.5 Å².